The van der Waals surface area contributed by atoms with Crippen molar-refractivity contribution in [3.8, 4) is 0 Å². The van der Waals surface area contributed by atoms with E-state index in [2.05, 4.69) is 15.6 Å². The van der Waals surface area contributed by atoms with Crippen LogP contribution in [0.4, 0.5) is 0 Å². The Labute approximate surface area is 123 Å². The SMILES string of the molecule is Cc1ccc(C(=O)NCCNCc2scnc2C)cc1. The molecule has 0 saturated carbocycles. The van der Waals surface area contributed by atoms with Gasteiger partial charge in [-0.15, -0.1) is 11.3 Å². The first-order valence-electron chi connectivity index (χ1n) is 6.61. The van der Waals surface area contributed by atoms with Gasteiger partial charge in [0.05, 0.1) is 11.2 Å². The first kappa shape index (κ1) is 14.7. The van der Waals surface area contributed by atoms with Crippen LogP contribution in [0.1, 0.15) is 26.5 Å². The van der Waals surface area contributed by atoms with E-state index in [4.69, 9.17) is 0 Å². The molecule has 0 spiro atoms. The fourth-order valence-corrected chi connectivity index (χ4v) is 2.52. The molecule has 1 amide bonds. The molecule has 0 saturated heterocycles. The van der Waals surface area contributed by atoms with Crippen molar-refractivity contribution in [2.45, 2.75) is 20.4 Å². The van der Waals surface area contributed by atoms with Gasteiger partial charge < -0.3 is 10.6 Å². The standard InChI is InChI=1S/C15H19N3OS/c1-11-3-5-13(6-4-11)15(19)17-8-7-16-9-14-12(2)18-10-20-14/h3-6,10,16H,7-9H2,1-2H3,(H,17,19). The number of rotatable bonds is 6. The Morgan fingerprint density at radius 2 is 1.95 bits per heavy atom. The summed E-state index contributed by atoms with van der Waals surface area (Å²) in [6, 6.07) is 7.58. The van der Waals surface area contributed by atoms with Crippen LogP contribution in [0.5, 0.6) is 0 Å². The summed E-state index contributed by atoms with van der Waals surface area (Å²) in [5.41, 5.74) is 4.79. The molecule has 5 heteroatoms. The highest BCUT2D eigenvalue weighted by molar-refractivity contribution is 7.09. The summed E-state index contributed by atoms with van der Waals surface area (Å²) < 4.78 is 0. The molecule has 2 rings (SSSR count). The Morgan fingerprint density at radius 1 is 1.20 bits per heavy atom. The maximum atomic E-state index is 11.9. The van der Waals surface area contributed by atoms with E-state index in [0.717, 1.165) is 24.3 Å². The van der Waals surface area contributed by atoms with Crippen LogP contribution in [0.3, 0.4) is 0 Å². The van der Waals surface area contributed by atoms with Gasteiger partial charge in [0.15, 0.2) is 0 Å². The molecule has 0 bridgehead atoms. The summed E-state index contributed by atoms with van der Waals surface area (Å²) in [5, 5.41) is 6.20. The Kier molecular flexibility index (Phi) is 5.26. The van der Waals surface area contributed by atoms with Crippen LogP contribution in [0, 0.1) is 13.8 Å². The van der Waals surface area contributed by atoms with Crippen LogP contribution in [0.15, 0.2) is 29.8 Å². The van der Waals surface area contributed by atoms with E-state index < -0.39 is 0 Å². The lowest BCUT2D eigenvalue weighted by Crippen LogP contribution is -2.31. The molecule has 0 aliphatic carbocycles. The van der Waals surface area contributed by atoms with E-state index in [1.54, 1.807) is 11.3 Å². The van der Waals surface area contributed by atoms with Crippen LogP contribution in [-0.4, -0.2) is 24.0 Å². The van der Waals surface area contributed by atoms with Crippen molar-refractivity contribution < 1.29 is 4.79 Å². The van der Waals surface area contributed by atoms with Crippen molar-refractivity contribution in [1.29, 1.82) is 0 Å². The number of carbonyl (C=O) groups is 1. The number of nitrogens with zero attached hydrogens (tertiary/aromatic N) is 1. The van der Waals surface area contributed by atoms with E-state index in [0.29, 0.717) is 12.1 Å². The monoisotopic (exact) mass is 289 g/mol. The molecule has 1 heterocycles. The van der Waals surface area contributed by atoms with Gasteiger partial charge in [0.1, 0.15) is 0 Å². The van der Waals surface area contributed by atoms with Gasteiger partial charge in [0.2, 0.25) is 0 Å². The fourth-order valence-electron chi connectivity index (χ4n) is 1.77. The minimum Gasteiger partial charge on any atom is -0.351 e. The number of thiazole rings is 1. The number of hydrogen-bond donors (Lipinski definition) is 2. The van der Waals surface area contributed by atoms with Gasteiger partial charge in [0, 0.05) is 30.1 Å². The Morgan fingerprint density at radius 3 is 2.60 bits per heavy atom. The van der Waals surface area contributed by atoms with Crippen molar-refractivity contribution in [2.75, 3.05) is 13.1 Å². The van der Waals surface area contributed by atoms with Gasteiger partial charge in [-0.3, -0.25) is 4.79 Å². The van der Waals surface area contributed by atoms with Crippen molar-refractivity contribution >= 4 is 17.2 Å². The number of nitrogens with one attached hydrogen (secondary N) is 2. The quantitative estimate of drug-likeness (QED) is 0.802. The molecular formula is C15H19N3OS. The Hall–Kier alpha value is -1.72. The van der Waals surface area contributed by atoms with Crippen LogP contribution in [0.2, 0.25) is 0 Å². The molecule has 0 aliphatic rings. The summed E-state index contributed by atoms with van der Waals surface area (Å²) in [5.74, 6) is -0.0271. The molecule has 0 radical (unpaired) electrons. The summed E-state index contributed by atoms with van der Waals surface area (Å²) in [7, 11) is 0. The zero-order chi connectivity index (χ0) is 14.4. The molecule has 0 fully saturated rings. The minimum atomic E-state index is -0.0271. The maximum Gasteiger partial charge on any atom is 0.251 e. The number of amides is 1. The maximum absolute atomic E-state index is 11.9. The third kappa shape index (κ3) is 4.15. The number of hydrogen-bond acceptors (Lipinski definition) is 4. The topological polar surface area (TPSA) is 54.0 Å². The smallest absolute Gasteiger partial charge is 0.251 e. The molecule has 0 unspecified atom stereocenters. The second kappa shape index (κ2) is 7.17. The Balaban J connectivity index is 1.67. The molecule has 2 aromatic rings. The molecule has 4 nitrogen and oxygen atoms in total. The van der Waals surface area contributed by atoms with Crippen LogP contribution < -0.4 is 10.6 Å². The van der Waals surface area contributed by atoms with Crippen molar-refractivity contribution in [3.05, 3.63) is 51.5 Å². The number of aromatic nitrogens is 1. The van der Waals surface area contributed by atoms with Gasteiger partial charge in [-0.1, -0.05) is 17.7 Å². The fraction of sp³-hybridized carbons (Fsp3) is 0.333. The zero-order valence-electron chi connectivity index (χ0n) is 11.8. The average Bonchev–Trinajstić information content (AvgIpc) is 2.84. The van der Waals surface area contributed by atoms with Gasteiger partial charge >= 0.3 is 0 Å². The van der Waals surface area contributed by atoms with E-state index in [1.165, 1.54) is 4.88 Å². The van der Waals surface area contributed by atoms with Gasteiger partial charge in [-0.25, -0.2) is 4.98 Å². The predicted octanol–water partition coefficient (Wildman–Crippen LogP) is 2.28. The molecule has 1 aromatic carbocycles. The highest BCUT2D eigenvalue weighted by Crippen LogP contribution is 2.10. The van der Waals surface area contributed by atoms with E-state index >= 15 is 0 Å². The second-order valence-corrected chi connectivity index (χ2v) is 5.60. The number of benzene rings is 1. The Bertz CT molecular complexity index is 563. The number of aryl methyl sites for hydroxylation is 2. The molecule has 0 aliphatic heterocycles. The van der Waals surface area contributed by atoms with Crippen molar-refractivity contribution in [2.24, 2.45) is 0 Å². The summed E-state index contributed by atoms with van der Waals surface area (Å²) >= 11 is 1.65. The predicted molar refractivity (Wildman–Crippen MR) is 82.1 cm³/mol. The third-order valence-corrected chi connectivity index (χ3v) is 3.97. The molecule has 1 aromatic heterocycles. The van der Waals surface area contributed by atoms with E-state index in [-0.39, 0.29) is 5.91 Å². The lowest BCUT2D eigenvalue weighted by atomic mass is 10.1. The molecular weight excluding hydrogens is 270 g/mol. The normalized spacial score (nSPS) is 10.5. The highest BCUT2D eigenvalue weighted by Gasteiger charge is 2.04. The van der Waals surface area contributed by atoms with E-state index in [1.807, 2.05) is 43.6 Å². The molecule has 2 N–H and O–H groups in total. The largest absolute Gasteiger partial charge is 0.351 e. The summed E-state index contributed by atoms with van der Waals surface area (Å²) in [4.78, 5) is 17.3. The van der Waals surface area contributed by atoms with Crippen LogP contribution in [-0.2, 0) is 6.54 Å². The first-order valence-corrected chi connectivity index (χ1v) is 7.49. The van der Waals surface area contributed by atoms with Gasteiger partial charge in [-0.05, 0) is 26.0 Å². The summed E-state index contributed by atoms with van der Waals surface area (Å²) in [6.07, 6.45) is 0. The molecule has 0 atom stereocenters. The van der Waals surface area contributed by atoms with E-state index in [9.17, 15) is 4.79 Å². The zero-order valence-corrected chi connectivity index (χ0v) is 12.6. The van der Waals surface area contributed by atoms with Crippen molar-refractivity contribution in [1.82, 2.24) is 15.6 Å². The van der Waals surface area contributed by atoms with Crippen molar-refractivity contribution in [3.63, 3.8) is 0 Å². The average molecular weight is 289 g/mol. The second-order valence-electron chi connectivity index (χ2n) is 4.66. The third-order valence-electron chi connectivity index (χ3n) is 3.03. The lowest BCUT2D eigenvalue weighted by Gasteiger charge is -2.06. The van der Waals surface area contributed by atoms with Gasteiger partial charge in [-0.2, -0.15) is 0 Å². The number of carbonyl (C=O) groups excluding carboxylic acids is 1. The minimum absolute atomic E-state index is 0.0271. The highest BCUT2D eigenvalue weighted by atomic mass is 32.1. The summed E-state index contributed by atoms with van der Waals surface area (Å²) in [6.45, 7) is 6.18. The molecule has 20 heavy (non-hydrogen) atoms. The first-order chi connectivity index (χ1) is 9.66. The van der Waals surface area contributed by atoms with Crippen LogP contribution in [0.25, 0.3) is 0 Å². The van der Waals surface area contributed by atoms with Gasteiger partial charge in [0.25, 0.3) is 5.91 Å². The van der Waals surface area contributed by atoms with Crippen LogP contribution >= 0.6 is 11.3 Å². The molecule has 106 valence electrons. The lowest BCUT2D eigenvalue weighted by molar-refractivity contribution is 0.0954.